The molecule has 0 bridgehead atoms. The first-order chi connectivity index (χ1) is 4.43. The predicted octanol–water partition coefficient (Wildman–Crippen LogP) is 3.33. The van der Waals surface area contributed by atoms with E-state index in [1.54, 1.807) is 0 Å². The first-order valence-corrected chi connectivity index (χ1v) is 6.10. The van der Waals surface area contributed by atoms with Crippen LogP contribution >= 0.6 is 21.6 Å². The zero-order valence-corrected chi connectivity index (χ0v) is 7.56. The zero-order chi connectivity index (χ0) is 6.53. The standard InChI is InChI=1S/C7H14S2/c1-2-8-9-7-5-3-4-6-7/h7H,2-6H2,1H3. The van der Waals surface area contributed by atoms with Crippen molar-refractivity contribution in [3.05, 3.63) is 0 Å². The van der Waals surface area contributed by atoms with E-state index in [0.29, 0.717) is 0 Å². The van der Waals surface area contributed by atoms with Crippen molar-refractivity contribution in [3.63, 3.8) is 0 Å². The lowest BCUT2D eigenvalue weighted by Crippen LogP contribution is -1.89. The molecule has 1 saturated carbocycles. The maximum atomic E-state index is 2.23. The van der Waals surface area contributed by atoms with Crippen LogP contribution in [0.15, 0.2) is 0 Å². The van der Waals surface area contributed by atoms with Crippen molar-refractivity contribution in [2.45, 2.75) is 37.9 Å². The molecule has 0 spiro atoms. The Bertz CT molecular complexity index is 67.3. The molecule has 2 heteroatoms. The van der Waals surface area contributed by atoms with Crippen molar-refractivity contribution in [1.29, 1.82) is 0 Å². The van der Waals surface area contributed by atoms with Gasteiger partial charge in [-0.15, -0.1) is 0 Å². The van der Waals surface area contributed by atoms with Crippen LogP contribution in [-0.2, 0) is 0 Å². The molecule has 0 amide bonds. The van der Waals surface area contributed by atoms with Crippen LogP contribution in [-0.4, -0.2) is 11.0 Å². The molecule has 54 valence electrons. The van der Waals surface area contributed by atoms with Gasteiger partial charge in [-0.2, -0.15) is 0 Å². The lowest BCUT2D eigenvalue weighted by molar-refractivity contribution is 0.886. The van der Waals surface area contributed by atoms with Crippen molar-refractivity contribution in [3.8, 4) is 0 Å². The van der Waals surface area contributed by atoms with Crippen LogP contribution in [0.25, 0.3) is 0 Å². The highest BCUT2D eigenvalue weighted by molar-refractivity contribution is 8.76. The normalized spacial score (nSPS) is 21.0. The minimum Gasteiger partial charge on any atom is -0.0942 e. The Labute approximate surface area is 65.6 Å². The van der Waals surface area contributed by atoms with Gasteiger partial charge in [0.05, 0.1) is 0 Å². The summed E-state index contributed by atoms with van der Waals surface area (Å²) in [6.07, 6.45) is 5.89. The lowest BCUT2D eigenvalue weighted by Gasteiger charge is -2.04. The molecule has 0 aromatic carbocycles. The highest BCUT2D eigenvalue weighted by Gasteiger charge is 2.14. The van der Waals surface area contributed by atoms with Crippen LogP contribution in [0, 0.1) is 0 Å². The molecule has 1 aliphatic rings. The van der Waals surface area contributed by atoms with E-state index in [-0.39, 0.29) is 0 Å². The van der Waals surface area contributed by atoms with E-state index in [1.807, 2.05) is 10.8 Å². The minimum atomic E-state index is 0.995. The fourth-order valence-electron chi connectivity index (χ4n) is 1.15. The van der Waals surface area contributed by atoms with Crippen LogP contribution < -0.4 is 0 Å². The second-order valence-corrected chi connectivity index (χ2v) is 5.37. The SMILES string of the molecule is CCSSC1CCCC1. The van der Waals surface area contributed by atoms with Gasteiger partial charge < -0.3 is 0 Å². The van der Waals surface area contributed by atoms with Crippen molar-refractivity contribution >= 4 is 21.6 Å². The topological polar surface area (TPSA) is 0 Å². The average molecular weight is 162 g/mol. The number of hydrogen-bond donors (Lipinski definition) is 0. The predicted molar refractivity (Wildman–Crippen MR) is 48.0 cm³/mol. The quantitative estimate of drug-likeness (QED) is 0.584. The van der Waals surface area contributed by atoms with Gasteiger partial charge in [-0.1, -0.05) is 41.4 Å². The van der Waals surface area contributed by atoms with E-state index in [0.717, 1.165) is 5.25 Å². The van der Waals surface area contributed by atoms with Gasteiger partial charge in [0.2, 0.25) is 0 Å². The summed E-state index contributed by atoms with van der Waals surface area (Å²) in [6.45, 7) is 2.23. The van der Waals surface area contributed by atoms with Gasteiger partial charge >= 0.3 is 0 Å². The van der Waals surface area contributed by atoms with E-state index in [4.69, 9.17) is 0 Å². The molecule has 0 unspecified atom stereocenters. The van der Waals surface area contributed by atoms with Crippen LogP contribution in [0.5, 0.6) is 0 Å². The summed E-state index contributed by atoms with van der Waals surface area (Å²) in [6, 6.07) is 0. The fraction of sp³-hybridized carbons (Fsp3) is 1.00. The number of rotatable bonds is 3. The van der Waals surface area contributed by atoms with E-state index in [2.05, 4.69) is 17.7 Å². The molecule has 0 aromatic heterocycles. The smallest absolute Gasteiger partial charge is 0.0151 e. The maximum absolute atomic E-state index is 2.23. The van der Waals surface area contributed by atoms with Gasteiger partial charge in [0, 0.05) is 11.0 Å². The second kappa shape index (κ2) is 4.51. The monoisotopic (exact) mass is 162 g/mol. The van der Waals surface area contributed by atoms with Gasteiger partial charge in [0.1, 0.15) is 0 Å². The molecule has 0 saturated heterocycles. The molecular weight excluding hydrogens is 148 g/mol. The van der Waals surface area contributed by atoms with E-state index >= 15 is 0 Å². The summed E-state index contributed by atoms with van der Waals surface area (Å²) in [5.41, 5.74) is 0. The molecule has 1 rings (SSSR count). The van der Waals surface area contributed by atoms with Crippen molar-refractivity contribution < 1.29 is 0 Å². The molecule has 0 aliphatic heterocycles. The Morgan fingerprint density at radius 1 is 1.33 bits per heavy atom. The Hall–Kier alpha value is 0.700. The molecule has 0 aromatic rings. The summed E-state index contributed by atoms with van der Waals surface area (Å²) in [4.78, 5) is 0. The van der Waals surface area contributed by atoms with Crippen LogP contribution in [0.4, 0.5) is 0 Å². The third kappa shape index (κ3) is 2.85. The van der Waals surface area contributed by atoms with Gasteiger partial charge in [0.15, 0.2) is 0 Å². The Morgan fingerprint density at radius 2 is 2.00 bits per heavy atom. The third-order valence-electron chi connectivity index (χ3n) is 1.62. The van der Waals surface area contributed by atoms with Gasteiger partial charge in [-0.25, -0.2) is 0 Å². The first-order valence-electron chi connectivity index (χ1n) is 3.71. The highest BCUT2D eigenvalue weighted by atomic mass is 33.1. The van der Waals surface area contributed by atoms with Gasteiger partial charge in [0.25, 0.3) is 0 Å². The number of hydrogen-bond acceptors (Lipinski definition) is 2. The molecule has 0 radical (unpaired) electrons. The molecule has 1 aliphatic carbocycles. The van der Waals surface area contributed by atoms with Crippen LogP contribution in [0.2, 0.25) is 0 Å². The molecule has 0 N–H and O–H groups in total. The largest absolute Gasteiger partial charge is 0.0942 e. The lowest BCUT2D eigenvalue weighted by atomic mass is 10.4. The molecule has 9 heavy (non-hydrogen) atoms. The second-order valence-electron chi connectivity index (χ2n) is 2.41. The van der Waals surface area contributed by atoms with Crippen LogP contribution in [0.1, 0.15) is 32.6 Å². The minimum absolute atomic E-state index is 0.995. The highest BCUT2D eigenvalue weighted by Crippen LogP contribution is 2.36. The molecular formula is C7H14S2. The molecule has 0 nitrogen and oxygen atoms in total. The van der Waals surface area contributed by atoms with E-state index < -0.39 is 0 Å². The summed E-state index contributed by atoms with van der Waals surface area (Å²) in [5.74, 6) is 1.27. The van der Waals surface area contributed by atoms with Crippen LogP contribution in [0.3, 0.4) is 0 Å². The van der Waals surface area contributed by atoms with Crippen molar-refractivity contribution in [2.24, 2.45) is 0 Å². The van der Waals surface area contributed by atoms with Gasteiger partial charge in [-0.3, -0.25) is 0 Å². The Balaban J connectivity index is 1.98. The molecule has 0 heterocycles. The van der Waals surface area contributed by atoms with Gasteiger partial charge in [-0.05, 0) is 12.8 Å². The third-order valence-corrected chi connectivity index (χ3v) is 4.67. The maximum Gasteiger partial charge on any atom is 0.0151 e. The summed E-state index contributed by atoms with van der Waals surface area (Å²) in [7, 11) is 4.12. The Kier molecular flexibility index (Phi) is 3.91. The summed E-state index contributed by atoms with van der Waals surface area (Å²) < 4.78 is 0. The van der Waals surface area contributed by atoms with E-state index in [1.165, 1.54) is 31.4 Å². The first kappa shape index (κ1) is 7.80. The Morgan fingerprint density at radius 3 is 2.56 bits per heavy atom. The fourth-order valence-corrected chi connectivity index (χ4v) is 3.57. The van der Waals surface area contributed by atoms with Crippen molar-refractivity contribution in [1.82, 2.24) is 0 Å². The molecule has 1 fully saturated rings. The molecule has 0 atom stereocenters. The average Bonchev–Trinajstić information content (AvgIpc) is 2.34. The van der Waals surface area contributed by atoms with E-state index in [9.17, 15) is 0 Å². The summed E-state index contributed by atoms with van der Waals surface area (Å²) >= 11 is 0. The zero-order valence-electron chi connectivity index (χ0n) is 5.93. The summed E-state index contributed by atoms with van der Waals surface area (Å²) in [5, 5.41) is 0.995. The van der Waals surface area contributed by atoms with Crippen molar-refractivity contribution in [2.75, 3.05) is 5.75 Å².